The van der Waals surface area contributed by atoms with Crippen molar-refractivity contribution < 1.29 is 28.6 Å². The molecule has 4 rings (SSSR count). The summed E-state index contributed by atoms with van der Waals surface area (Å²) in [7, 11) is 0. The molecule has 0 N–H and O–H groups in total. The van der Waals surface area contributed by atoms with Crippen molar-refractivity contribution in [2.75, 3.05) is 0 Å². The molecule has 4 aliphatic rings. The first-order valence-corrected chi connectivity index (χ1v) is 12.7. The van der Waals surface area contributed by atoms with Gasteiger partial charge in [0.15, 0.2) is 0 Å². The Bertz CT molecular complexity index is 861. The minimum Gasteiger partial charge on any atom is -0.463 e. The highest BCUT2D eigenvalue weighted by Gasteiger charge is 2.63. The van der Waals surface area contributed by atoms with Crippen molar-refractivity contribution >= 4 is 17.9 Å². The molecule has 0 saturated heterocycles. The maximum atomic E-state index is 12.2. The maximum Gasteiger partial charge on any atom is 0.307 e. The molecule has 0 aromatic heterocycles. The molecule has 6 heteroatoms. The average molecular weight is 461 g/mol. The summed E-state index contributed by atoms with van der Waals surface area (Å²) in [5.74, 6) is 1.93. The highest BCUT2D eigenvalue weighted by Crippen LogP contribution is 2.68. The van der Waals surface area contributed by atoms with Gasteiger partial charge in [0.25, 0.3) is 0 Å². The molecule has 0 heterocycles. The van der Waals surface area contributed by atoms with Crippen LogP contribution < -0.4 is 0 Å². The number of hydrogen-bond acceptors (Lipinski definition) is 6. The summed E-state index contributed by atoms with van der Waals surface area (Å²) >= 11 is 0. The van der Waals surface area contributed by atoms with Gasteiger partial charge in [-0.25, -0.2) is 0 Å². The lowest BCUT2D eigenvalue weighted by atomic mass is 9.44. The molecule has 4 aliphatic carbocycles. The molecule has 6 unspecified atom stereocenters. The van der Waals surface area contributed by atoms with Crippen LogP contribution in [0.2, 0.25) is 0 Å². The van der Waals surface area contributed by atoms with Gasteiger partial charge in [-0.15, -0.1) is 0 Å². The van der Waals surface area contributed by atoms with E-state index in [9.17, 15) is 14.4 Å². The molecular weight excluding hydrogens is 420 g/mol. The van der Waals surface area contributed by atoms with Crippen molar-refractivity contribution in [3.63, 3.8) is 0 Å². The summed E-state index contributed by atoms with van der Waals surface area (Å²) in [6.07, 6.45) is 7.79. The third-order valence-electron chi connectivity index (χ3n) is 9.84. The Kier molecular flexibility index (Phi) is 6.43. The van der Waals surface area contributed by atoms with Crippen LogP contribution in [0.5, 0.6) is 0 Å². The van der Waals surface area contributed by atoms with Gasteiger partial charge in [0.1, 0.15) is 18.0 Å². The molecular formula is C27H40O6. The molecule has 0 radical (unpaired) electrons. The summed E-state index contributed by atoms with van der Waals surface area (Å²) in [6, 6.07) is 0. The van der Waals surface area contributed by atoms with Gasteiger partial charge in [-0.2, -0.15) is 0 Å². The van der Waals surface area contributed by atoms with Gasteiger partial charge in [0.05, 0.1) is 0 Å². The Morgan fingerprint density at radius 3 is 2.15 bits per heavy atom. The Morgan fingerprint density at radius 2 is 1.52 bits per heavy atom. The van der Waals surface area contributed by atoms with Gasteiger partial charge in [-0.3, -0.25) is 14.4 Å². The van der Waals surface area contributed by atoms with Crippen LogP contribution in [-0.4, -0.2) is 30.1 Å². The molecule has 0 bridgehead atoms. The molecule has 4 fully saturated rings. The van der Waals surface area contributed by atoms with Gasteiger partial charge >= 0.3 is 17.9 Å². The lowest BCUT2D eigenvalue weighted by molar-refractivity contribution is -0.184. The smallest absolute Gasteiger partial charge is 0.307 e. The van der Waals surface area contributed by atoms with Crippen molar-refractivity contribution in [2.45, 2.75) is 105 Å². The van der Waals surface area contributed by atoms with Crippen LogP contribution in [0.1, 0.15) is 92.9 Å². The van der Waals surface area contributed by atoms with Crippen LogP contribution in [0, 0.1) is 34.5 Å². The third-order valence-corrected chi connectivity index (χ3v) is 9.84. The van der Waals surface area contributed by atoms with Crippen LogP contribution in [0.25, 0.3) is 0 Å². The number of rotatable bonds is 3. The summed E-state index contributed by atoms with van der Waals surface area (Å²) in [5, 5.41) is 0. The standard InChI is InChI=1S/C27H40O6/c1-15(31-16(2)28)22-9-10-23-21-8-7-19-13-20(32-17(3)29)11-12-26(19,5)24(21)14-25(27(22,23)6)33-18(4)30/h19-21,23-25H,7-14H2,1-6H3/b22-15+/t19?,20-,21?,23?,24?,25+,26?,27?/m1/s1. The molecule has 0 amide bonds. The quantitative estimate of drug-likeness (QED) is 0.321. The highest BCUT2D eigenvalue weighted by atomic mass is 16.5. The van der Waals surface area contributed by atoms with Gasteiger partial charge in [-0.1, -0.05) is 13.8 Å². The zero-order chi connectivity index (χ0) is 24.1. The summed E-state index contributed by atoms with van der Waals surface area (Å²) in [4.78, 5) is 35.4. The zero-order valence-electron chi connectivity index (χ0n) is 21.1. The molecule has 0 aromatic carbocycles. The third kappa shape index (κ3) is 4.12. The van der Waals surface area contributed by atoms with Gasteiger partial charge in [0, 0.05) is 26.2 Å². The fourth-order valence-electron chi connectivity index (χ4n) is 8.53. The van der Waals surface area contributed by atoms with Crippen LogP contribution >= 0.6 is 0 Å². The molecule has 33 heavy (non-hydrogen) atoms. The van der Waals surface area contributed by atoms with Crippen molar-refractivity contribution in [3.05, 3.63) is 11.3 Å². The highest BCUT2D eigenvalue weighted by molar-refractivity contribution is 5.68. The molecule has 4 saturated carbocycles. The van der Waals surface area contributed by atoms with Gasteiger partial charge < -0.3 is 14.2 Å². The van der Waals surface area contributed by atoms with E-state index in [0.717, 1.165) is 56.9 Å². The number of allylic oxidation sites excluding steroid dienone is 1. The number of carbonyl (C=O) groups excluding carboxylic acids is 3. The SMILES string of the molecule is CC(=O)O/C(C)=C1\CCC2C3CCC4C[C@H](OC(C)=O)CCC4(C)C3C[C@H](OC(C)=O)C12C. The van der Waals surface area contributed by atoms with E-state index in [1.807, 2.05) is 6.92 Å². The Labute approximate surface area is 197 Å². The Balaban J connectivity index is 1.67. The topological polar surface area (TPSA) is 78.9 Å². The summed E-state index contributed by atoms with van der Waals surface area (Å²) in [5.41, 5.74) is 1.01. The average Bonchev–Trinajstić information content (AvgIpc) is 3.06. The van der Waals surface area contributed by atoms with Crippen LogP contribution in [0.15, 0.2) is 11.3 Å². The number of ether oxygens (including phenoxy) is 3. The normalized spacial score (nSPS) is 43.5. The largest absolute Gasteiger partial charge is 0.463 e. The lowest BCUT2D eigenvalue weighted by Gasteiger charge is -2.62. The number of fused-ring (bicyclic) bond motifs is 5. The van der Waals surface area contributed by atoms with E-state index in [1.165, 1.54) is 20.8 Å². The second-order valence-corrected chi connectivity index (χ2v) is 11.4. The molecule has 184 valence electrons. The van der Waals surface area contributed by atoms with E-state index in [-0.39, 0.29) is 40.9 Å². The number of esters is 3. The fourth-order valence-corrected chi connectivity index (χ4v) is 8.53. The monoisotopic (exact) mass is 460 g/mol. The molecule has 6 nitrogen and oxygen atoms in total. The first-order chi connectivity index (χ1) is 15.5. The first-order valence-electron chi connectivity index (χ1n) is 12.7. The van der Waals surface area contributed by atoms with Crippen LogP contribution in [-0.2, 0) is 28.6 Å². The zero-order valence-corrected chi connectivity index (χ0v) is 21.1. The first kappa shape index (κ1) is 24.3. The molecule has 8 atom stereocenters. The van der Waals surface area contributed by atoms with Crippen molar-refractivity contribution in [1.82, 2.24) is 0 Å². The number of hydrogen-bond donors (Lipinski definition) is 0. The maximum absolute atomic E-state index is 12.2. The molecule has 0 aliphatic heterocycles. The van der Waals surface area contributed by atoms with Crippen molar-refractivity contribution in [1.29, 1.82) is 0 Å². The second-order valence-electron chi connectivity index (χ2n) is 11.4. The van der Waals surface area contributed by atoms with Gasteiger partial charge in [-0.05, 0) is 93.0 Å². The van der Waals surface area contributed by atoms with E-state index in [0.29, 0.717) is 29.4 Å². The second kappa shape index (κ2) is 8.74. The van der Waals surface area contributed by atoms with E-state index in [2.05, 4.69) is 13.8 Å². The summed E-state index contributed by atoms with van der Waals surface area (Å²) < 4.78 is 17.2. The molecule has 0 spiro atoms. The van der Waals surface area contributed by atoms with Crippen LogP contribution in [0.3, 0.4) is 0 Å². The van der Waals surface area contributed by atoms with Crippen molar-refractivity contribution in [2.24, 2.45) is 34.5 Å². The fraction of sp³-hybridized carbons (Fsp3) is 0.815. The molecule has 0 aromatic rings. The van der Waals surface area contributed by atoms with E-state index in [1.54, 1.807) is 0 Å². The van der Waals surface area contributed by atoms with Gasteiger partial charge in [0.2, 0.25) is 0 Å². The minimum atomic E-state index is -0.303. The van der Waals surface area contributed by atoms with E-state index >= 15 is 0 Å². The van der Waals surface area contributed by atoms with E-state index in [4.69, 9.17) is 14.2 Å². The van der Waals surface area contributed by atoms with E-state index < -0.39 is 0 Å². The van der Waals surface area contributed by atoms with Crippen LogP contribution in [0.4, 0.5) is 0 Å². The minimum absolute atomic E-state index is 0.0302. The predicted molar refractivity (Wildman–Crippen MR) is 123 cm³/mol. The summed E-state index contributed by atoms with van der Waals surface area (Å²) in [6.45, 7) is 11.0. The Morgan fingerprint density at radius 1 is 0.818 bits per heavy atom. The lowest BCUT2D eigenvalue weighted by Crippen LogP contribution is -2.58. The number of carbonyl (C=O) groups is 3. The predicted octanol–water partition coefficient (Wildman–Crippen LogP) is 5.34. The van der Waals surface area contributed by atoms with Crippen molar-refractivity contribution in [3.8, 4) is 0 Å². The Hall–Kier alpha value is -1.85.